The van der Waals surface area contributed by atoms with Gasteiger partial charge in [-0.25, -0.2) is 4.39 Å². The zero-order valence-electron chi connectivity index (χ0n) is 9.88. The zero-order valence-corrected chi connectivity index (χ0v) is 10.6. The van der Waals surface area contributed by atoms with Crippen LogP contribution in [0.2, 0.25) is 5.02 Å². The van der Waals surface area contributed by atoms with Crippen LogP contribution < -0.4 is 4.74 Å². The normalized spacial score (nSPS) is 10.8. The minimum atomic E-state index is -0.289. The fraction of sp³-hybridized carbons (Fsp3) is 0.0714. The van der Waals surface area contributed by atoms with Crippen molar-refractivity contribution in [3.63, 3.8) is 0 Å². The standard InChI is InChI=1S/C14H11ClFNO2/c15-12-3-6-14(11(7-12)8-17-18)19-9-10-1-4-13(16)5-2-10/h1-8,18H,9H2/b17-8+. The summed E-state index contributed by atoms with van der Waals surface area (Å²) < 4.78 is 18.3. The van der Waals surface area contributed by atoms with Crippen molar-refractivity contribution in [1.82, 2.24) is 0 Å². The number of halogens is 2. The third kappa shape index (κ3) is 3.69. The van der Waals surface area contributed by atoms with E-state index in [0.29, 0.717) is 16.3 Å². The first-order valence-electron chi connectivity index (χ1n) is 5.53. The lowest BCUT2D eigenvalue weighted by molar-refractivity contribution is 0.304. The van der Waals surface area contributed by atoms with E-state index in [-0.39, 0.29) is 12.4 Å². The van der Waals surface area contributed by atoms with Crippen LogP contribution >= 0.6 is 11.6 Å². The van der Waals surface area contributed by atoms with Gasteiger partial charge in [-0.1, -0.05) is 28.9 Å². The Labute approximate surface area is 114 Å². The number of hydrogen-bond acceptors (Lipinski definition) is 3. The van der Waals surface area contributed by atoms with Crippen LogP contribution in [0.4, 0.5) is 4.39 Å². The monoisotopic (exact) mass is 279 g/mol. The van der Waals surface area contributed by atoms with E-state index in [9.17, 15) is 4.39 Å². The summed E-state index contributed by atoms with van der Waals surface area (Å²) in [6, 6.07) is 11.0. The van der Waals surface area contributed by atoms with Gasteiger partial charge in [0.15, 0.2) is 0 Å². The van der Waals surface area contributed by atoms with Gasteiger partial charge in [-0.05, 0) is 35.9 Å². The molecule has 0 unspecified atom stereocenters. The molecular weight excluding hydrogens is 269 g/mol. The van der Waals surface area contributed by atoms with Crippen molar-refractivity contribution < 1.29 is 14.3 Å². The van der Waals surface area contributed by atoms with Crippen LogP contribution in [0.3, 0.4) is 0 Å². The van der Waals surface area contributed by atoms with Crippen molar-refractivity contribution in [3.8, 4) is 5.75 Å². The maximum absolute atomic E-state index is 12.8. The van der Waals surface area contributed by atoms with E-state index >= 15 is 0 Å². The summed E-state index contributed by atoms with van der Waals surface area (Å²) in [5.74, 6) is 0.245. The summed E-state index contributed by atoms with van der Waals surface area (Å²) in [7, 11) is 0. The molecule has 0 aromatic heterocycles. The van der Waals surface area contributed by atoms with E-state index < -0.39 is 0 Å². The number of oxime groups is 1. The summed E-state index contributed by atoms with van der Waals surface area (Å²) >= 11 is 5.85. The van der Waals surface area contributed by atoms with Gasteiger partial charge in [0.25, 0.3) is 0 Å². The Morgan fingerprint density at radius 1 is 1.21 bits per heavy atom. The molecule has 0 heterocycles. The van der Waals surface area contributed by atoms with Gasteiger partial charge in [0.2, 0.25) is 0 Å². The van der Waals surface area contributed by atoms with Gasteiger partial charge in [-0.3, -0.25) is 0 Å². The number of ether oxygens (including phenoxy) is 1. The first-order chi connectivity index (χ1) is 9.19. The van der Waals surface area contributed by atoms with Gasteiger partial charge in [0.05, 0.1) is 6.21 Å². The largest absolute Gasteiger partial charge is 0.488 e. The first kappa shape index (κ1) is 13.4. The lowest BCUT2D eigenvalue weighted by Crippen LogP contribution is -1.98. The van der Waals surface area contributed by atoms with E-state index in [0.717, 1.165) is 5.56 Å². The Balaban J connectivity index is 2.12. The minimum Gasteiger partial charge on any atom is -0.488 e. The number of hydrogen-bond donors (Lipinski definition) is 1. The van der Waals surface area contributed by atoms with Crippen LogP contribution in [0.5, 0.6) is 5.75 Å². The highest BCUT2D eigenvalue weighted by Crippen LogP contribution is 2.22. The molecule has 19 heavy (non-hydrogen) atoms. The second-order valence-corrected chi connectivity index (χ2v) is 4.28. The molecule has 98 valence electrons. The van der Waals surface area contributed by atoms with Crippen molar-refractivity contribution in [3.05, 3.63) is 64.4 Å². The molecule has 0 spiro atoms. The van der Waals surface area contributed by atoms with E-state index in [4.69, 9.17) is 21.5 Å². The molecule has 0 atom stereocenters. The van der Waals surface area contributed by atoms with Crippen molar-refractivity contribution in [2.24, 2.45) is 5.16 Å². The maximum Gasteiger partial charge on any atom is 0.128 e. The predicted molar refractivity (Wildman–Crippen MR) is 71.6 cm³/mol. The summed E-state index contributed by atoms with van der Waals surface area (Å²) in [5.41, 5.74) is 1.40. The number of benzene rings is 2. The van der Waals surface area contributed by atoms with Crippen LogP contribution in [0.1, 0.15) is 11.1 Å². The second kappa shape index (κ2) is 6.20. The van der Waals surface area contributed by atoms with Crippen molar-refractivity contribution in [1.29, 1.82) is 0 Å². The van der Waals surface area contributed by atoms with Gasteiger partial charge >= 0.3 is 0 Å². The molecule has 2 rings (SSSR count). The van der Waals surface area contributed by atoms with E-state index in [2.05, 4.69) is 5.16 Å². The molecule has 0 bridgehead atoms. The first-order valence-corrected chi connectivity index (χ1v) is 5.91. The number of rotatable bonds is 4. The Bertz CT molecular complexity index is 584. The highest BCUT2D eigenvalue weighted by Gasteiger charge is 2.04. The van der Waals surface area contributed by atoms with Gasteiger partial charge < -0.3 is 9.94 Å². The summed E-state index contributed by atoms with van der Waals surface area (Å²) in [4.78, 5) is 0. The van der Waals surface area contributed by atoms with Crippen molar-refractivity contribution in [2.75, 3.05) is 0 Å². The molecule has 2 aromatic carbocycles. The average Bonchev–Trinajstić information content (AvgIpc) is 2.40. The predicted octanol–water partition coefficient (Wildman–Crippen LogP) is 3.87. The zero-order chi connectivity index (χ0) is 13.7. The highest BCUT2D eigenvalue weighted by molar-refractivity contribution is 6.30. The average molecular weight is 280 g/mol. The summed E-state index contributed by atoms with van der Waals surface area (Å²) in [6.07, 6.45) is 1.24. The van der Waals surface area contributed by atoms with Crippen LogP contribution in [0.15, 0.2) is 47.6 Å². The molecule has 5 heteroatoms. The second-order valence-electron chi connectivity index (χ2n) is 3.84. The topological polar surface area (TPSA) is 41.8 Å². The van der Waals surface area contributed by atoms with Gasteiger partial charge in [-0.15, -0.1) is 0 Å². The molecule has 0 aliphatic heterocycles. The van der Waals surface area contributed by atoms with E-state index in [1.807, 2.05) is 0 Å². The molecule has 2 aromatic rings. The summed E-state index contributed by atoms with van der Waals surface area (Å²) in [6.45, 7) is 0.286. The van der Waals surface area contributed by atoms with E-state index in [1.165, 1.54) is 18.3 Å². The molecule has 0 aliphatic carbocycles. The SMILES string of the molecule is O/N=C/c1cc(Cl)ccc1OCc1ccc(F)cc1. The lowest BCUT2D eigenvalue weighted by Gasteiger charge is -2.09. The van der Waals surface area contributed by atoms with Gasteiger partial charge in [-0.2, -0.15) is 0 Å². The van der Waals surface area contributed by atoms with Crippen LogP contribution in [0.25, 0.3) is 0 Å². The minimum absolute atomic E-state index is 0.286. The van der Waals surface area contributed by atoms with Crippen LogP contribution in [-0.2, 0) is 6.61 Å². The van der Waals surface area contributed by atoms with E-state index in [1.54, 1.807) is 30.3 Å². The fourth-order valence-corrected chi connectivity index (χ4v) is 1.74. The van der Waals surface area contributed by atoms with Crippen LogP contribution in [-0.4, -0.2) is 11.4 Å². The maximum atomic E-state index is 12.8. The molecule has 0 aliphatic rings. The molecule has 0 fully saturated rings. The molecule has 0 saturated carbocycles. The molecule has 3 nitrogen and oxygen atoms in total. The molecule has 1 N–H and O–H groups in total. The highest BCUT2D eigenvalue weighted by atomic mass is 35.5. The van der Waals surface area contributed by atoms with Crippen molar-refractivity contribution >= 4 is 17.8 Å². The number of nitrogens with zero attached hydrogens (tertiary/aromatic N) is 1. The third-order valence-corrected chi connectivity index (χ3v) is 2.71. The Morgan fingerprint density at radius 3 is 2.63 bits per heavy atom. The van der Waals surface area contributed by atoms with Crippen LogP contribution in [0, 0.1) is 5.82 Å². The summed E-state index contributed by atoms with van der Waals surface area (Å²) in [5, 5.41) is 12.1. The Morgan fingerprint density at radius 2 is 1.95 bits per heavy atom. The fourth-order valence-electron chi connectivity index (χ4n) is 1.56. The molecular formula is C14H11ClFNO2. The third-order valence-electron chi connectivity index (χ3n) is 2.48. The lowest BCUT2D eigenvalue weighted by atomic mass is 10.2. The smallest absolute Gasteiger partial charge is 0.128 e. The Hall–Kier alpha value is -2.07. The Kier molecular flexibility index (Phi) is 4.36. The molecule has 0 amide bonds. The molecule has 0 saturated heterocycles. The van der Waals surface area contributed by atoms with Crippen molar-refractivity contribution in [2.45, 2.75) is 6.61 Å². The van der Waals surface area contributed by atoms with Gasteiger partial charge in [0.1, 0.15) is 18.2 Å². The van der Waals surface area contributed by atoms with Gasteiger partial charge in [0, 0.05) is 10.6 Å². The molecule has 0 radical (unpaired) electrons. The quantitative estimate of drug-likeness (QED) is 0.524.